The van der Waals surface area contributed by atoms with E-state index in [4.69, 9.17) is 4.74 Å². The first-order chi connectivity index (χ1) is 12.9. The average molecular weight is 369 g/mol. The van der Waals surface area contributed by atoms with Crippen LogP contribution < -0.4 is 15.4 Å². The lowest BCUT2D eigenvalue weighted by atomic mass is 9.92. The van der Waals surface area contributed by atoms with Crippen LogP contribution in [-0.4, -0.2) is 26.1 Å². The molecule has 4 nitrogen and oxygen atoms in total. The van der Waals surface area contributed by atoms with Crippen LogP contribution in [0.15, 0.2) is 42.5 Å². The lowest BCUT2D eigenvalue weighted by Crippen LogP contribution is -2.31. The fourth-order valence-electron chi connectivity index (χ4n) is 3.12. The molecule has 146 valence electrons. The van der Waals surface area contributed by atoms with Crippen LogP contribution >= 0.6 is 0 Å². The van der Waals surface area contributed by atoms with E-state index in [1.807, 2.05) is 24.3 Å². The highest BCUT2D eigenvalue weighted by molar-refractivity contribution is 5.81. The van der Waals surface area contributed by atoms with Crippen LogP contribution in [-0.2, 0) is 11.2 Å². The van der Waals surface area contributed by atoms with Gasteiger partial charge in [-0.1, -0.05) is 58.0 Å². The maximum atomic E-state index is 12.3. The highest BCUT2D eigenvalue weighted by atomic mass is 16.5. The fourth-order valence-corrected chi connectivity index (χ4v) is 3.12. The van der Waals surface area contributed by atoms with E-state index in [1.54, 1.807) is 7.11 Å². The number of benzene rings is 2. The molecule has 4 heteroatoms. The Kier molecular flexibility index (Phi) is 7.71. The number of hydrogen-bond acceptors (Lipinski definition) is 3. The van der Waals surface area contributed by atoms with Crippen molar-refractivity contribution >= 4 is 11.6 Å². The first-order valence-electron chi connectivity index (χ1n) is 9.68. The standard InChI is InChI=1S/C23H32N2O2/c1-16(2)20-7-6-8-21(17(3)4)23(20)25-15-22(26)24-14-13-18-9-11-19(27-5)12-10-18/h6-12,16-17,25H,13-15H2,1-5H3,(H,24,26). The third-order valence-corrected chi connectivity index (χ3v) is 4.69. The van der Waals surface area contributed by atoms with E-state index < -0.39 is 0 Å². The lowest BCUT2D eigenvalue weighted by Gasteiger charge is -2.20. The van der Waals surface area contributed by atoms with E-state index in [0.29, 0.717) is 18.4 Å². The van der Waals surface area contributed by atoms with Crippen LogP contribution in [0.3, 0.4) is 0 Å². The normalized spacial score (nSPS) is 10.9. The number of para-hydroxylation sites is 1. The molecule has 2 aromatic rings. The Bertz CT molecular complexity index is 710. The van der Waals surface area contributed by atoms with Crippen LogP contribution in [0.4, 0.5) is 5.69 Å². The summed E-state index contributed by atoms with van der Waals surface area (Å²) in [6.07, 6.45) is 0.801. The van der Waals surface area contributed by atoms with Crippen molar-refractivity contribution in [2.24, 2.45) is 0 Å². The quantitative estimate of drug-likeness (QED) is 0.674. The second-order valence-corrected chi connectivity index (χ2v) is 7.42. The van der Waals surface area contributed by atoms with Gasteiger partial charge < -0.3 is 15.4 Å². The summed E-state index contributed by atoms with van der Waals surface area (Å²) in [5, 5.41) is 6.37. The molecule has 27 heavy (non-hydrogen) atoms. The number of nitrogens with one attached hydrogen (secondary N) is 2. The van der Waals surface area contributed by atoms with Crippen LogP contribution in [0.5, 0.6) is 5.75 Å². The highest BCUT2D eigenvalue weighted by Crippen LogP contribution is 2.32. The van der Waals surface area contributed by atoms with Crippen LogP contribution in [0, 0.1) is 0 Å². The molecule has 0 heterocycles. The average Bonchev–Trinajstić information content (AvgIpc) is 2.66. The summed E-state index contributed by atoms with van der Waals surface area (Å²) in [5.41, 5.74) is 4.79. The maximum Gasteiger partial charge on any atom is 0.239 e. The van der Waals surface area contributed by atoms with E-state index in [0.717, 1.165) is 17.9 Å². The Labute approximate surface area is 163 Å². The monoisotopic (exact) mass is 368 g/mol. The largest absolute Gasteiger partial charge is 0.497 e. The molecule has 0 aliphatic rings. The molecular weight excluding hydrogens is 336 g/mol. The van der Waals surface area contributed by atoms with Gasteiger partial charge >= 0.3 is 0 Å². The van der Waals surface area contributed by atoms with Crippen LogP contribution in [0.1, 0.15) is 56.2 Å². The number of hydrogen-bond donors (Lipinski definition) is 2. The minimum absolute atomic E-state index is 0.0109. The van der Waals surface area contributed by atoms with Gasteiger partial charge in [-0.2, -0.15) is 0 Å². The molecular formula is C23H32N2O2. The van der Waals surface area contributed by atoms with Gasteiger partial charge in [-0.3, -0.25) is 4.79 Å². The van der Waals surface area contributed by atoms with E-state index in [9.17, 15) is 4.79 Å². The molecule has 1 amide bonds. The summed E-state index contributed by atoms with van der Waals surface area (Å²) >= 11 is 0. The zero-order valence-electron chi connectivity index (χ0n) is 17.1. The molecule has 0 bridgehead atoms. The molecule has 0 fully saturated rings. The van der Waals surface area contributed by atoms with Gasteiger partial charge in [0.05, 0.1) is 13.7 Å². The van der Waals surface area contributed by atoms with E-state index >= 15 is 0 Å². The van der Waals surface area contributed by atoms with Crippen molar-refractivity contribution in [1.29, 1.82) is 0 Å². The van der Waals surface area contributed by atoms with E-state index in [1.165, 1.54) is 16.7 Å². The summed E-state index contributed by atoms with van der Waals surface area (Å²) in [5.74, 6) is 1.67. The smallest absolute Gasteiger partial charge is 0.239 e. The Morgan fingerprint density at radius 3 is 2.07 bits per heavy atom. The minimum Gasteiger partial charge on any atom is -0.497 e. The number of ether oxygens (including phenoxy) is 1. The summed E-state index contributed by atoms with van der Waals surface area (Å²) in [7, 11) is 1.66. The highest BCUT2D eigenvalue weighted by Gasteiger charge is 2.14. The second-order valence-electron chi connectivity index (χ2n) is 7.42. The molecule has 0 aromatic heterocycles. The van der Waals surface area contributed by atoms with Gasteiger partial charge in [-0.25, -0.2) is 0 Å². The molecule has 0 aliphatic heterocycles. The van der Waals surface area contributed by atoms with Crippen molar-refractivity contribution in [3.63, 3.8) is 0 Å². The second kappa shape index (κ2) is 10.0. The predicted octanol–water partition coefficient (Wildman–Crippen LogP) is 4.71. The Morgan fingerprint density at radius 2 is 1.56 bits per heavy atom. The summed E-state index contributed by atoms with van der Waals surface area (Å²) in [4.78, 5) is 12.3. The third kappa shape index (κ3) is 6.02. The summed E-state index contributed by atoms with van der Waals surface area (Å²) in [6, 6.07) is 14.3. The van der Waals surface area contributed by atoms with E-state index in [-0.39, 0.29) is 12.5 Å². The third-order valence-electron chi connectivity index (χ3n) is 4.69. The Hall–Kier alpha value is -2.49. The zero-order valence-corrected chi connectivity index (χ0v) is 17.1. The van der Waals surface area contributed by atoms with Crippen molar-refractivity contribution < 1.29 is 9.53 Å². The predicted molar refractivity (Wildman–Crippen MR) is 113 cm³/mol. The summed E-state index contributed by atoms with van der Waals surface area (Å²) in [6.45, 7) is 9.62. The van der Waals surface area contributed by atoms with Crippen LogP contribution in [0.25, 0.3) is 0 Å². The Morgan fingerprint density at radius 1 is 0.963 bits per heavy atom. The van der Waals surface area contributed by atoms with Gasteiger partial charge in [0.2, 0.25) is 5.91 Å². The number of amides is 1. The first-order valence-corrected chi connectivity index (χ1v) is 9.68. The molecule has 0 radical (unpaired) electrons. The van der Waals surface area contributed by atoms with Crippen molar-refractivity contribution in [2.45, 2.75) is 46.0 Å². The van der Waals surface area contributed by atoms with Crippen molar-refractivity contribution in [1.82, 2.24) is 5.32 Å². The van der Waals surface area contributed by atoms with Crippen molar-refractivity contribution in [3.05, 3.63) is 59.2 Å². The number of methoxy groups -OCH3 is 1. The van der Waals surface area contributed by atoms with E-state index in [2.05, 4.69) is 56.5 Å². The molecule has 0 aliphatic carbocycles. The topological polar surface area (TPSA) is 50.4 Å². The molecule has 2 N–H and O–H groups in total. The fraction of sp³-hybridized carbons (Fsp3) is 0.435. The molecule has 0 saturated heterocycles. The Balaban J connectivity index is 1.89. The molecule has 0 spiro atoms. The van der Waals surface area contributed by atoms with Gasteiger partial charge in [0.15, 0.2) is 0 Å². The van der Waals surface area contributed by atoms with Gasteiger partial charge in [-0.05, 0) is 47.1 Å². The zero-order chi connectivity index (χ0) is 19.8. The van der Waals surface area contributed by atoms with Gasteiger partial charge in [-0.15, -0.1) is 0 Å². The first kappa shape index (κ1) is 20.8. The molecule has 2 rings (SSSR count). The SMILES string of the molecule is COc1ccc(CCNC(=O)CNc2c(C(C)C)cccc2C(C)C)cc1. The molecule has 2 aromatic carbocycles. The molecule has 0 atom stereocenters. The molecule has 0 unspecified atom stereocenters. The maximum absolute atomic E-state index is 12.3. The number of rotatable bonds is 9. The number of carbonyl (C=O) groups excluding carboxylic acids is 1. The molecule has 0 saturated carbocycles. The lowest BCUT2D eigenvalue weighted by molar-refractivity contribution is -0.119. The van der Waals surface area contributed by atoms with Crippen molar-refractivity contribution in [3.8, 4) is 5.75 Å². The van der Waals surface area contributed by atoms with Crippen LogP contribution in [0.2, 0.25) is 0 Å². The summed E-state index contributed by atoms with van der Waals surface area (Å²) < 4.78 is 5.16. The number of anilines is 1. The van der Waals surface area contributed by atoms with Gasteiger partial charge in [0.25, 0.3) is 0 Å². The number of carbonyl (C=O) groups is 1. The van der Waals surface area contributed by atoms with Gasteiger partial charge in [0, 0.05) is 12.2 Å². The van der Waals surface area contributed by atoms with Gasteiger partial charge in [0.1, 0.15) is 5.75 Å². The minimum atomic E-state index is 0.0109. The van der Waals surface area contributed by atoms with Crippen molar-refractivity contribution in [2.75, 3.05) is 25.5 Å².